The number of rotatable bonds is 5. The number of morpholine rings is 1. The van der Waals surface area contributed by atoms with Crippen LogP contribution in [0.5, 0.6) is 0 Å². The van der Waals surface area contributed by atoms with Crippen molar-refractivity contribution in [1.29, 1.82) is 0 Å². The van der Waals surface area contributed by atoms with E-state index in [0.29, 0.717) is 30.9 Å². The van der Waals surface area contributed by atoms with Crippen molar-refractivity contribution in [1.82, 2.24) is 4.90 Å². The Balaban J connectivity index is 1.68. The molecule has 1 saturated heterocycles. The topological polar surface area (TPSA) is 58.6 Å². The molecule has 1 heterocycles. The molecule has 0 aromatic heterocycles. The molecule has 1 aliphatic heterocycles. The lowest BCUT2D eigenvalue weighted by Gasteiger charge is -2.31. The zero-order valence-electron chi connectivity index (χ0n) is 17.0. The van der Waals surface area contributed by atoms with Crippen LogP contribution in [0.1, 0.15) is 42.6 Å². The van der Waals surface area contributed by atoms with Gasteiger partial charge in [0.25, 0.3) is 5.91 Å². The fourth-order valence-corrected chi connectivity index (χ4v) is 3.61. The smallest absolute Gasteiger partial charge is 0.254 e. The van der Waals surface area contributed by atoms with E-state index < -0.39 is 5.92 Å². The zero-order valence-corrected chi connectivity index (χ0v) is 17.0. The second-order valence-electron chi connectivity index (χ2n) is 7.77. The molecule has 2 atom stereocenters. The Kier molecular flexibility index (Phi) is 6.64. The summed E-state index contributed by atoms with van der Waals surface area (Å²) in [6.07, 6.45) is 0.0330. The highest BCUT2D eigenvalue weighted by Crippen LogP contribution is 2.26. The van der Waals surface area contributed by atoms with Crippen molar-refractivity contribution in [3.8, 4) is 0 Å². The molecule has 0 saturated carbocycles. The van der Waals surface area contributed by atoms with E-state index in [4.69, 9.17) is 4.74 Å². The van der Waals surface area contributed by atoms with E-state index >= 15 is 0 Å². The van der Waals surface area contributed by atoms with Gasteiger partial charge in [0, 0.05) is 24.3 Å². The maximum atomic E-state index is 13.2. The lowest BCUT2D eigenvalue weighted by molar-refractivity contribution is -0.118. The number of nitrogens with zero attached hydrogens (tertiary/aromatic N) is 1. The third-order valence-electron chi connectivity index (χ3n) is 5.11. The van der Waals surface area contributed by atoms with Crippen LogP contribution in [-0.4, -0.2) is 42.5 Å². The predicted molar refractivity (Wildman–Crippen MR) is 110 cm³/mol. The first-order chi connectivity index (χ1) is 13.8. The minimum absolute atomic E-state index is 0.0330. The van der Waals surface area contributed by atoms with Crippen LogP contribution >= 0.6 is 0 Å². The molecular weight excluding hydrogens is 371 g/mol. The normalized spacial score (nSPS) is 17.8. The second-order valence-corrected chi connectivity index (χ2v) is 7.77. The van der Waals surface area contributed by atoms with Gasteiger partial charge in [0.2, 0.25) is 5.91 Å². The lowest BCUT2D eigenvalue weighted by Crippen LogP contribution is -2.44. The summed E-state index contributed by atoms with van der Waals surface area (Å²) in [5.41, 5.74) is 1.97. The quantitative estimate of drug-likeness (QED) is 0.826. The summed E-state index contributed by atoms with van der Waals surface area (Å²) in [4.78, 5) is 27.3. The molecule has 1 N–H and O–H groups in total. The van der Waals surface area contributed by atoms with Crippen LogP contribution in [0.2, 0.25) is 0 Å². The van der Waals surface area contributed by atoms with E-state index in [1.165, 1.54) is 12.1 Å². The van der Waals surface area contributed by atoms with Gasteiger partial charge < -0.3 is 15.0 Å². The van der Waals surface area contributed by atoms with Crippen molar-refractivity contribution in [3.05, 3.63) is 65.5 Å². The second kappa shape index (κ2) is 9.18. The Labute approximate surface area is 170 Å². The summed E-state index contributed by atoms with van der Waals surface area (Å²) in [5.74, 6) is -0.875. The number of carbonyl (C=O) groups is 2. The van der Waals surface area contributed by atoms with Gasteiger partial charge in [-0.05, 0) is 54.8 Å². The lowest BCUT2D eigenvalue weighted by atomic mass is 9.87. The Morgan fingerprint density at radius 2 is 1.76 bits per heavy atom. The third-order valence-corrected chi connectivity index (χ3v) is 5.11. The first-order valence-electron chi connectivity index (χ1n) is 9.92. The SMILES string of the molecule is CC1CN(C(=O)c2ccc(NC(=O)C(c3ccc(F)cc3)C(C)C)cc2)CCO1. The Morgan fingerprint density at radius 3 is 2.34 bits per heavy atom. The number of hydrogen-bond donors (Lipinski definition) is 1. The van der Waals surface area contributed by atoms with Crippen molar-refractivity contribution in [2.75, 3.05) is 25.0 Å². The zero-order chi connectivity index (χ0) is 21.0. The molecule has 0 aliphatic carbocycles. The van der Waals surface area contributed by atoms with Crippen LogP contribution in [0.4, 0.5) is 10.1 Å². The van der Waals surface area contributed by atoms with Crippen LogP contribution in [0.3, 0.4) is 0 Å². The van der Waals surface area contributed by atoms with Gasteiger partial charge in [-0.15, -0.1) is 0 Å². The average Bonchev–Trinajstić information content (AvgIpc) is 2.69. The first kappa shape index (κ1) is 21.0. The van der Waals surface area contributed by atoms with Crippen LogP contribution in [0.15, 0.2) is 48.5 Å². The summed E-state index contributed by atoms with van der Waals surface area (Å²) < 4.78 is 18.7. The molecule has 2 aromatic rings. The van der Waals surface area contributed by atoms with Gasteiger partial charge in [0.05, 0.1) is 18.6 Å². The molecule has 3 rings (SSSR count). The number of anilines is 1. The largest absolute Gasteiger partial charge is 0.375 e. The van der Waals surface area contributed by atoms with Crippen molar-refractivity contribution in [2.24, 2.45) is 5.92 Å². The van der Waals surface area contributed by atoms with Crippen LogP contribution in [0, 0.1) is 11.7 Å². The van der Waals surface area contributed by atoms with Gasteiger partial charge in [-0.2, -0.15) is 0 Å². The molecule has 1 fully saturated rings. The van der Waals surface area contributed by atoms with Crippen molar-refractivity contribution < 1.29 is 18.7 Å². The van der Waals surface area contributed by atoms with E-state index in [0.717, 1.165) is 5.56 Å². The summed E-state index contributed by atoms with van der Waals surface area (Å²) in [7, 11) is 0. The Hall–Kier alpha value is -2.73. The van der Waals surface area contributed by atoms with Gasteiger partial charge in [-0.3, -0.25) is 9.59 Å². The molecule has 154 valence electrons. The molecule has 2 amide bonds. The molecule has 29 heavy (non-hydrogen) atoms. The van der Waals surface area contributed by atoms with Crippen LogP contribution in [0.25, 0.3) is 0 Å². The minimum Gasteiger partial charge on any atom is -0.375 e. The van der Waals surface area contributed by atoms with Gasteiger partial charge in [-0.1, -0.05) is 26.0 Å². The molecule has 2 unspecified atom stereocenters. The number of amides is 2. The third kappa shape index (κ3) is 5.21. The molecule has 0 bridgehead atoms. The van der Waals surface area contributed by atoms with E-state index in [2.05, 4.69) is 5.32 Å². The highest BCUT2D eigenvalue weighted by molar-refractivity contribution is 5.98. The number of benzene rings is 2. The van der Waals surface area contributed by atoms with E-state index in [1.54, 1.807) is 41.3 Å². The van der Waals surface area contributed by atoms with Crippen molar-refractivity contribution in [3.63, 3.8) is 0 Å². The minimum atomic E-state index is -0.397. The number of nitrogens with one attached hydrogen (secondary N) is 1. The van der Waals surface area contributed by atoms with Crippen molar-refractivity contribution in [2.45, 2.75) is 32.8 Å². The van der Waals surface area contributed by atoms with Crippen molar-refractivity contribution >= 4 is 17.5 Å². The Morgan fingerprint density at radius 1 is 1.10 bits per heavy atom. The number of hydrogen-bond acceptors (Lipinski definition) is 3. The number of carbonyl (C=O) groups excluding carboxylic acids is 2. The van der Waals surface area contributed by atoms with Gasteiger partial charge >= 0.3 is 0 Å². The maximum absolute atomic E-state index is 13.2. The summed E-state index contributed by atoms with van der Waals surface area (Å²) >= 11 is 0. The van der Waals surface area contributed by atoms with Crippen LogP contribution < -0.4 is 5.32 Å². The fourth-order valence-electron chi connectivity index (χ4n) is 3.61. The van der Waals surface area contributed by atoms with Gasteiger partial charge in [0.15, 0.2) is 0 Å². The molecule has 0 spiro atoms. The molecule has 5 nitrogen and oxygen atoms in total. The van der Waals surface area contributed by atoms with E-state index in [9.17, 15) is 14.0 Å². The molecular formula is C23H27FN2O3. The van der Waals surface area contributed by atoms with Crippen LogP contribution in [-0.2, 0) is 9.53 Å². The first-order valence-corrected chi connectivity index (χ1v) is 9.92. The predicted octanol–water partition coefficient (Wildman–Crippen LogP) is 4.06. The fraction of sp³-hybridized carbons (Fsp3) is 0.391. The van der Waals surface area contributed by atoms with E-state index in [1.807, 2.05) is 20.8 Å². The molecule has 6 heteroatoms. The van der Waals surface area contributed by atoms with E-state index in [-0.39, 0.29) is 29.7 Å². The molecule has 2 aromatic carbocycles. The highest BCUT2D eigenvalue weighted by atomic mass is 19.1. The average molecular weight is 398 g/mol. The van der Waals surface area contributed by atoms with Gasteiger partial charge in [-0.25, -0.2) is 4.39 Å². The number of ether oxygens (including phenoxy) is 1. The molecule has 1 aliphatic rings. The Bertz CT molecular complexity index is 849. The van der Waals surface area contributed by atoms with Gasteiger partial charge in [0.1, 0.15) is 5.82 Å². The standard InChI is InChI=1S/C23H27FN2O3/c1-15(2)21(17-4-8-19(24)9-5-17)22(27)25-20-10-6-18(7-11-20)23(28)26-12-13-29-16(3)14-26/h4-11,15-16,21H,12-14H2,1-3H3,(H,25,27). The summed E-state index contributed by atoms with van der Waals surface area (Å²) in [5, 5.41) is 2.91. The number of halogens is 1. The monoisotopic (exact) mass is 398 g/mol. The summed E-state index contributed by atoms with van der Waals surface area (Å²) in [6.45, 7) is 7.56. The maximum Gasteiger partial charge on any atom is 0.254 e. The summed E-state index contributed by atoms with van der Waals surface area (Å²) in [6, 6.07) is 12.9. The molecule has 0 radical (unpaired) electrons. The highest BCUT2D eigenvalue weighted by Gasteiger charge is 2.25.